The van der Waals surface area contributed by atoms with Crippen LogP contribution in [-0.2, 0) is 19.8 Å². The van der Waals surface area contributed by atoms with E-state index in [0.717, 1.165) is 0 Å². The molecule has 0 unspecified atom stereocenters. The van der Waals surface area contributed by atoms with E-state index in [1.165, 1.54) is 0 Å². The van der Waals surface area contributed by atoms with Gasteiger partial charge in [-0.25, -0.2) is 0 Å². The molecule has 7 heavy (non-hydrogen) atoms. The van der Waals surface area contributed by atoms with Gasteiger partial charge in [-0.2, -0.15) is 0 Å². The largest absolute Gasteiger partial charge is 0.870 e. The average molecular weight is 288 g/mol. The normalized spacial score (nSPS) is 5.29. The molecule has 0 aromatic rings. The maximum Gasteiger partial charge on any atom is -0.870 e. The molecule has 50 valence electrons. The first kappa shape index (κ1) is 15.6. The van der Waals surface area contributed by atoms with Crippen LogP contribution in [0.2, 0.25) is 5.31 Å². The first-order valence-electron chi connectivity index (χ1n) is 1.54. The standard InChI is InChI=1S/C2H7NO.CH3.H2O.Pt/c3-1-2-4;;;/h4H,1-3H2;1H3;1H2;/q;;;+1/p-1. The van der Waals surface area contributed by atoms with Gasteiger partial charge in [0.05, 0.1) is 6.61 Å². The van der Waals surface area contributed by atoms with Gasteiger partial charge in [0.25, 0.3) is 0 Å². The third-order valence-electron chi connectivity index (χ3n) is 0.129. The van der Waals surface area contributed by atoms with Crippen LogP contribution in [0.4, 0.5) is 0 Å². The van der Waals surface area contributed by atoms with Crippen molar-refractivity contribution in [2.45, 2.75) is 5.31 Å². The van der Waals surface area contributed by atoms with E-state index in [4.69, 9.17) is 10.8 Å². The minimum absolute atomic E-state index is 0. The van der Waals surface area contributed by atoms with Crippen molar-refractivity contribution >= 4 is 0 Å². The van der Waals surface area contributed by atoms with Crippen LogP contribution in [0.3, 0.4) is 0 Å². The number of nitrogens with two attached hydrogens (primary N) is 1. The molecule has 0 aliphatic rings. The van der Waals surface area contributed by atoms with Crippen molar-refractivity contribution in [2.24, 2.45) is 5.73 Å². The van der Waals surface area contributed by atoms with E-state index < -0.39 is 0 Å². The summed E-state index contributed by atoms with van der Waals surface area (Å²) < 4.78 is 0. The van der Waals surface area contributed by atoms with E-state index in [0.29, 0.717) is 6.54 Å². The summed E-state index contributed by atoms with van der Waals surface area (Å²) in [5.74, 6) is 0. The van der Waals surface area contributed by atoms with E-state index in [9.17, 15) is 0 Å². The maximum atomic E-state index is 7.75. The second-order valence-corrected chi connectivity index (χ2v) is 0.512. The summed E-state index contributed by atoms with van der Waals surface area (Å²) in [5.41, 5.74) is 4.78. The Morgan fingerprint density at radius 2 is 1.71 bits per heavy atom. The Labute approximate surface area is 55.1 Å². The number of rotatable bonds is 1. The van der Waals surface area contributed by atoms with Crippen LogP contribution in [0.5, 0.6) is 0 Å². The van der Waals surface area contributed by atoms with Gasteiger partial charge in [0.1, 0.15) is 0 Å². The topological polar surface area (TPSA) is 76.2 Å². The van der Waals surface area contributed by atoms with Gasteiger partial charge in [-0.3, -0.25) is 0 Å². The molecule has 0 heterocycles. The molecule has 4 heteroatoms. The monoisotopic (exact) mass is 288 g/mol. The molecule has 0 bridgehead atoms. The summed E-state index contributed by atoms with van der Waals surface area (Å²) in [6, 6.07) is 0. The zero-order valence-corrected chi connectivity index (χ0v) is 6.47. The van der Waals surface area contributed by atoms with Gasteiger partial charge in [-0.15, -0.1) is 0 Å². The van der Waals surface area contributed by atoms with Crippen molar-refractivity contribution in [3.8, 4) is 0 Å². The first-order valence-corrected chi connectivity index (χ1v) is 3.81. The molecule has 0 aromatic carbocycles. The SMILES string of the molecule is NCCO.[CH3][Pt+].[OH-]. The predicted molar refractivity (Wildman–Crippen MR) is 23.9 cm³/mol. The third kappa shape index (κ3) is 55.7. The van der Waals surface area contributed by atoms with Gasteiger partial charge in [0.2, 0.25) is 0 Å². The van der Waals surface area contributed by atoms with Gasteiger partial charge in [-0.1, -0.05) is 0 Å². The van der Waals surface area contributed by atoms with E-state index in [-0.39, 0.29) is 12.1 Å². The van der Waals surface area contributed by atoms with E-state index in [1.807, 2.05) is 5.31 Å². The van der Waals surface area contributed by atoms with E-state index in [2.05, 4.69) is 19.8 Å². The van der Waals surface area contributed by atoms with Crippen LogP contribution in [-0.4, -0.2) is 23.7 Å². The summed E-state index contributed by atoms with van der Waals surface area (Å²) in [6.07, 6.45) is 0. The zero-order chi connectivity index (χ0) is 5.41. The Hall–Kier alpha value is 0.568. The fraction of sp³-hybridized carbons (Fsp3) is 1.00. The van der Waals surface area contributed by atoms with Crippen molar-refractivity contribution < 1.29 is 30.4 Å². The molecule has 4 N–H and O–H groups in total. The minimum Gasteiger partial charge on any atom is -0.870 e. The Balaban J connectivity index is -0.0000000480. The summed E-state index contributed by atoms with van der Waals surface area (Å²) in [7, 11) is 0. The molecule has 0 saturated carbocycles. The molecule has 0 amide bonds. The molecule has 0 rings (SSSR count). The predicted octanol–water partition coefficient (Wildman–Crippen LogP) is -0.658. The van der Waals surface area contributed by atoms with Gasteiger partial charge in [0, 0.05) is 6.54 Å². The second kappa shape index (κ2) is 30.9. The molecule has 0 atom stereocenters. The van der Waals surface area contributed by atoms with E-state index >= 15 is 0 Å². The molecule has 0 spiro atoms. The van der Waals surface area contributed by atoms with Crippen molar-refractivity contribution in [1.29, 1.82) is 0 Å². The number of hydrogen-bond donors (Lipinski definition) is 2. The molecule has 0 radical (unpaired) electrons. The Bertz CT molecular complexity index is 14.9. The van der Waals surface area contributed by atoms with Gasteiger partial charge in [-0.05, 0) is 0 Å². The third-order valence-corrected chi connectivity index (χ3v) is 0.129. The van der Waals surface area contributed by atoms with Crippen molar-refractivity contribution in [1.82, 2.24) is 0 Å². The Morgan fingerprint density at radius 1 is 1.57 bits per heavy atom. The Morgan fingerprint density at radius 3 is 1.71 bits per heavy atom. The number of aliphatic hydroxyl groups is 1. The molecule has 3 nitrogen and oxygen atoms in total. The fourth-order valence-electron chi connectivity index (χ4n) is 0. The molecule has 0 aliphatic heterocycles. The molecule has 0 saturated heterocycles. The van der Waals surface area contributed by atoms with Crippen LogP contribution in [0, 0.1) is 0 Å². The van der Waals surface area contributed by atoms with Crippen LogP contribution >= 0.6 is 0 Å². The van der Waals surface area contributed by atoms with Crippen molar-refractivity contribution in [2.75, 3.05) is 13.2 Å². The number of hydrogen-bond acceptors (Lipinski definition) is 3. The van der Waals surface area contributed by atoms with Gasteiger partial charge in [0.15, 0.2) is 0 Å². The summed E-state index contributed by atoms with van der Waals surface area (Å²) in [5, 5.41) is 9.72. The smallest absolute Gasteiger partial charge is 0.870 e. The maximum absolute atomic E-state index is 7.75. The summed E-state index contributed by atoms with van der Waals surface area (Å²) in [4.78, 5) is 0. The number of aliphatic hydroxyl groups excluding tert-OH is 1. The quantitative estimate of drug-likeness (QED) is 0.672. The summed E-state index contributed by atoms with van der Waals surface area (Å²) in [6.45, 7) is 0.472. The van der Waals surface area contributed by atoms with Crippen LogP contribution in [0.1, 0.15) is 0 Å². The second-order valence-electron chi connectivity index (χ2n) is 0.512. The molecule has 0 aromatic heterocycles. The fourth-order valence-corrected chi connectivity index (χ4v) is 0. The molecular formula is C3H11NO2Pt. The molecular weight excluding hydrogens is 277 g/mol. The van der Waals surface area contributed by atoms with Crippen LogP contribution < -0.4 is 5.73 Å². The van der Waals surface area contributed by atoms with Crippen molar-refractivity contribution in [3.05, 3.63) is 0 Å². The van der Waals surface area contributed by atoms with Crippen molar-refractivity contribution in [3.63, 3.8) is 0 Å². The van der Waals surface area contributed by atoms with Gasteiger partial charge < -0.3 is 16.3 Å². The van der Waals surface area contributed by atoms with Crippen LogP contribution in [0.25, 0.3) is 0 Å². The Kier molecular flexibility index (Phi) is 69.0. The van der Waals surface area contributed by atoms with Gasteiger partial charge >= 0.3 is 25.1 Å². The summed E-state index contributed by atoms with van der Waals surface area (Å²) >= 11 is 2.14. The van der Waals surface area contributed by atoms with Crippen LogP contribution in [0.15, 0.2) is 0 Å². The minimum atomic E-state index is 0. The molecule has 0 aliphatic carbocycles. The molecule has 0 fully saturated rings. The average Bonchev–Trinajstić information content (AvgIpc) is 1.72. The van der Waals surface area contributed by atoms with E-state index in [1.54, 1.807) is 0 Å². The zero-order valence-electron chi connectivity index (χ0n) is 4.20. The first-order chi connectivity index (χ1) is 2.91.